The number of pyridine rings is 1. The van der Waals surface area contributed by atoms with E-state index < -0.39 is 24.0 Å². The van der Waals surface area contributed by atoms with Gasteiger partial charge in [0.1, 0.15) is 5.82 Å². The van der Waals surface area contributed by atoms with Gasteiger partial charge in [0.05, 0.1) is 19.3 Å². The average molecular weight is 512 g/mol. The van der Waals surface area contributed by atoms with E-state index in [0.29, 0.717) is 41.2 Å². The van der Waals surface area contributed by atoms with Gasteiger partial charge in [0.15, 0.2) is 6.10 Å². The number of fused-ring (bicyclic) bond motifs is 1. The van der Waals surface area contributed by atoms with Crippen LogP contribution in [0.3, 0.4) is 0 Å². The van der Waals surface area contributed by atoms with Crippen LogP contribution in [-0.4, -0.2) is 54.3 Å². The number of nitrogens with two attached hydrogens (primary N) is 1. The highest BCUT2D eigenvalue weighted by atomic mass is 16.5. The molecule has 1 fully saturated rings. The van der Waals surface area contributed by atoms with Gasteiger partial charge in [-0.2, -0.15) is 0 Å². The lowest BCUT2D eigenvalue weighted by Crippen LogP contribution is -2.42. The number of aromatic nitrogens is 1. The Kier molecular flexibility index (Phi) is 7.48. The highest BCUT2D eigenvalue weighted by molar-refractivity contribution is 6.00. The van der Waals surface area contributed by atoms with Crippen molar-refractivity contribution in [1.82, 2.24) is 10.3 Å². The number of ether oxygens (including phenoxy) is 1. The second-order valence-corrected chi connectivity index (χ2v) is 9.07. The summed E-state index contributed by atoms with van der Waals surface area (Å²) in [6, 6.07) is 22.2. The molecule has 38 heavy (non-hydrogen) atoms. The lowest BCUT2D eigenvalue weighted by atomic mass is 9.99. The first-order valence-electron chi connectivity index (χ1n) is 12.4. The molecule has 9 heteroatoms. The summed E-state index contributed by atoms with van der Waals surface area (Å²) in [7, 11) is 0. The molecule has 194 valence electrons. The fraction of sp³-hybridized carbons (Fsp3) is 0.207. The van der Waals surface area contributed by atoms with E-state index in [2.05, 4.69) is 20.5 Å². The van der Waals surface area contributed by atoms with Gasteiger partial charge in [-0.3, -0.25) is 9.59 Å². The Hall–Kier alpha value is -4.47. The van der Waals surface area contributed by atoms with Crippen LogP contribution in [0.25, 0.3) is 10.8 Å². The van der Waals surface area contributed by atoms with Crippen molar-refractivity contribution >= 4 is 39.8 Å². The number of nitrogens with one attached hydrogen (secondary N) is 2. The molecule has 2 unspecified atom stereocenters. The van der Waals surface area contributed by atoms with Crippen molar-refractivity contribution in [2.75, 3.05) is 42.3 Å². The zero-order valence-electron chi connectivity index (χ0n) is 20.7. The first-order chi connectivity index (χ1) is 18.5. The van der Waals surface area contributed by atoms with Crippen molar-refractivity contribution in [3.8, 4) is 0 Å². The fourth-order valence-electron chi connectivity index (χ4n) is 4.51. The number of carbonyl (C=O) groups is 2. The number of carbonyl (C=O) groups excluding carboxylic acids is 2. The molecule has 0 radical (unpaired) electrons. The quantitative estimate of drug-likeness (QED) is 0.300. The minimum Gasteiger partial charge on any atom is -0.383 e. The van der Waals surface area contributed by atoms with Gasteiger partial charge in [-0.15, -0.1) is 0 Å². The fourth-order valence-corrected chi connectivity index (χ4v) is 4.51. The van der Waals surface area contributed by atoms with Gasteiger partial charge in [0.2, 0.25) is 0 Å². The Bertz CT molecular complexity index is 1420. The highest BCUT2D eigenvalue weighted by Crippen LogP contribution is 2.25. The van der Waals surface area contributed by atoms with Crippen molar-refractivity contribution in [3.05, 3.63) is 96.2 Å². The SMILES string of the molecule is Nc1nccc2ccc(NC(=O)C(O)C(NC(=O)c3ccc(N4CCOCC4)cc3)c3ccccc3)cc12. The van der Waals surface area contributed by atoms with Gasteiger partial charge in [-0.1, -0.05) is 36.4 Å². The Morgan fingerprint density at radius 3 is 2.45 bits per heavy atom. The van der Waals surface area contributed by atoms with Crippen molar-refractivity contribution < 1.29 is 19.4 Å². The third-order valence-electron chi connectivity index (χ3n) is 6.60. The second-order valence-electron chi connectivity index (χ2n) is 9.07. The number of anilines is 3. The molecule has 0 aliphatic carbocycles. The van der Waals surface area contributed by atoms with Crippen LogP contribution in [0.4, 0.5) is 17.2 Å². The highest BCUT2D eigenvalue weighted by Gasteiger charge is 2.29. The molecule has 5 rings (SSSR count). The molecule has 4 aromatic rings. The number of benzene rings is 3. The summed E-state index contributed by atoms with van der Waals surface area (Å²) >= 11 is 0. The van der Waals surface area contributed by atoms with Crippen LogP contribution in [0, 0.1) is 0 Å². The molecule has 5 N–H and O–H groups in total. The van der Waals surface area contributed by atoms with Crippen LogP contribution in [0.1, 0.15) is 22.0 Å². The smallest absolute Gasteiger partial charge is 0.255 e. The van der Waals surface area contributed by atoms with Crippen molar-refractivity contribution in [3.63, 3.8) is 0 Å². The van der Waals surface area contributed by atoms with Gasteiger partial charge in [-0.05, 0) is 53.4 Å². The van der Waals surface area contributed by atoms with E-state index in [1.165, 1.54) is 0 Å². The number of rotatable bonds is 7. The zero-order valence-corrected chi connectivity index (χ0v) is 20.7. The molecule has 0 saturated carbocycles. The topological polar surface area (TPSA) is 130 Å². The lowest BCUT2D eigenvalue weighted by molar-refractivity contribution is -0.125. The van der Waals surface area contributed by atoms with Gasteiger partial charge >= 0.3 is 0 Å². The predicted molar refractivity (Wildman–Crippen MR) is 147 cm³/mol. The van der Waals surface area contributed by atoms with E-state index in [9.17, 15) is 14.7 Å². The summed E-state index contributed by atoms with van der Waals surface area (Å²) in [5.74, 6) is -0.722. The normalized spacial score (nSPS) is 15.0. The maximum Gasteiger partial charge on any atom is 0.255 e. The van der Waals surface area contributed by atoms with E-state index >= 15 is 0 Å². The van der Waals surface area contributed by atoms with E-state index in [1.807, 2.05) is 30.3 Å². The molecule has 1 aromatic heterocycles. The molecule has 2 atom stereocenters. The minimum atomic E-state index is -1.56. The zero-order chi connectivity index (χ0) is 26.5. The summed E-state index contributed by atoms with van der Waals surface area (Å²) in [5.41, 5.74) is 8.46. The number of hydrogen-bond donors (Lipinski definition) is 4. The van der Waals surface area contributed by atoms with Crippen molar-refractivity contribution in [1.29, 1.82) is 0 Å². The van der Waals surface area contributed by atoms with Crippen LogP contribution < -0.4 is 21.3 Å². The average Bonchev–Trinajstić information content (AvgIpc) is 2.97. The molecule has 1 saturated heterocycles. The first kappa shape index (κ1) is 25.2. The number of morpholine rings is 1. The van der Waals surface area contributed by atoms with Gasteiger partial charge in [0.25, 0.3) is 11.8 Å². The van der Waals surface area contributed by atoms with Crippen LogP contribution >= 0.6 is 0 Å². The van der Waals surface area contributed by atoms with Gasteiger partial charge in [-0.25, -0.2) is 4.98 Å². The molecule has 3 aromatic carbocycles. The molecule has 1 aliphatic rings. The van der Waals surface area contributed by atoms with Gasteiger partial charge in [0, 0.05) is 41.6 Å². The number of nitrogen functional groups attached to an aromatic ring is 1. The number of hydrogen-bond acceptors (Lipinski definition) is 7. The summed E-state index contributed by atoms with van der Waals surface area (Å²) < 4.78 is 5.40. The number of aliphatic hydroxyl groups excluding tert-OH is 1. The largest absolute Gasteiger partial charge is 0.383 e. The summed E-state index contributed by atoms with van der Waals surface area (Å²) in [5, 5.41) is 18.2. The molecule has 0 spiro atoms. The van der Waals surface area contributed by atoms with Crippen LogP contribution in [0.2, 0.25) is 0 Å². The number of aliphatic hydroxyl groups is 1. The third-order valence-corrected chi connectivity index (χ3v) is 6.60. The van der Waals surface area contributed by atoms with Crippen LogP contribution in [0.5, 0.6) is 0 Å². The Labute approximate surface area is 220 Å². The summed E-state index contributed by atoms with van der Waals surface area (Å²) in [4.78, 5) is 32.6. The third kappa shape index (κ3) is 5.59. The number of amides is 2. The standard InChI is InChI=1S/C29H29N5O4/c30-27-24-18-22(9-6-19(24)12-13-31-27)32-29(37)26(35)25(20-4-2-1-3-5-20)33-28(36)21-7-10-23(11-8-21)34-14-16-38-17-15-34/h1-13,18,25-26,35H,14-17H2,(H2,30,31)(H,32,37)(H,33,36). The second kappa shape index (κ2) is 11.3. The molecule has 0 bridgehead atoms. The Balaban J connectivity index is 1.33. The molecular weight excluding hydrogens is 482 g/mol. The summed E-state index contributed by atoms with van der Waals surface area (Å²) in [6.45, 7) is 2.93. The van der Waals surface area contributed by atoms with Crippen LogP contribution in [-0.2, 0) is 9.53 Å². The van der Waals surface area contributed by atoms with Gasteiger partial charge < -0.3 is 31.1 Å². The summed E-state index contributed by atoms with van der Waals surface area (Å²) in [6.07, 6.45) is 0.0547. The Morgan fingerprint density at radius 1 is 0.974 bits per heavy atom. The predicted octanol–water partition coefficient (Wildman–Crippen LogP) is 3.12. The van der Waals surface area contributed by atoms with E-state index in [0.717, 1.165) is 24.2 Å². The van der Waals surface area contributed by atoms with Crippen molar-refractivity contribution in [2.24, 2.45) is 0 Å². The molecule has 2 heterocycles. The minimum absolute atomic E-state index is 0.341. The van der Waals surface area contributed by atoms with Crippen LogP contribution in [0.15, 0.2) is 85.1 Å². The maximum atomic E-state index is 13.2. The Morgan fingerprint density at radius 2 is 1.71 bits per heavy atom. The first-order valence-corrected chi connectivity index (χ1v) is 12.4. The van der Waals surface area contributed by atoms with E-state index in [4.69, 9.17) is 10.5 Å². The maximum absolute atomic E-state index is 13.2. The molecule has 9 nitrogen and oxygen atoms in total. The monoisotopic (exact) mass is 511 g/mol. The molecule has 1 aliphatic heterocycles. The van der Waals surface area contributed by atoms with E-state index in [1.54, 1.807) is 54.7 Å². The molecular formula is C29H29N5O4. The van der Waals surface area contributed by atoms with E-state index in [-0.39, 0.29) is 0 Å². The number of nitrogens with zero attached hydrogens (tertiary/aromatic N) is 2. The lowest BCUT2D eigenvalue weighted by Gasteiger charge is -2.29. The van der Waals surface area contributed by atoms with Crippen molar-refractivity contribution in [2.45, 2.75) is 12.1 Å². The molecule has 2 amide bonds.